The van der Waals surface area contributed by atoms with Gasteiger partial charge in [0.1, 0.15) is 12.7 Å². The van der Waals surface area contributed by atoms with E-state index in [0.29, 0.717) is 6.54 Å². The Balaban J connectivity index is 1.66. The lowest BCUT2D eigenvalue weighted by molar-refractivity contribution is 0.685. The van der Waals surface area contributed by atoms with Crippen LogP contribution in [-0.4, -0.2) is 14.8 Å². The summed E-state index contributed by atoms with van der Waals surface area (Å²) in [4.78, 5) is 3.95. The van der Waals surface area contributed by atoms with Gasteiger partial charge in [0.25, 0.3) is 0 Å². The van der Waals surface area contributed by atoms with Crippen molar-refractivity contribution in [3.8, 4) is 0 Å². The smallest absolute Gasteiger partial charge is 0.137 e. The monoisotopic (exact) mass is 298 g/mol. The number of rotatable bonds is 5. The number of hydrogen-bond acceptors (Lipinski definition) is 3. The van der Waals surface area contributed by atoms with Crippen LogP contribution in [-0.2, 0) is 13.1 Å². The maximum absolute atomic E-state index is 5.99. The Morgan fingerprint density at radius 2 is 1.90 bits per heavy atom. The quantitative estimate of drug-likeness (QED) is 0.783. The third kappa shape index (κ3) is 3.83. The van der Waals surface area contributed by atoms with Crippen molar-refractivity contribution in [1.82, 2.24) is 14.8 Å². The Hall–Kier alpha value is -2.33. The highest BCUT2D eigenvalue weighted by atomic mass is 35.5. The van der Waals surface area contributed by atoms with Crippen molar-refractivity contribution in [2.45, 2.75) is 13.1 Å². The molecule has 0 aliphatic carbocycles. The van der Waals surface area contributed by atoms with E-state index >= 15 is 0 Å². The summed E-state index contributed by atoms with van der Waals surface area (Å²) in [7, 11) is 0. The van der Waals surface area contributed by atoms with Crippen LogP contribution in [0.25, 0.3) is 0 Å². The number of benzene rings is 2. The van der Waals surface area contributed by atoms with Crippen LogP contribution in [0.1, 0.15) is 11.1 Å². The summed E-state index contributed by atoms with van der Waals surface area (Å²) in [5.41, 5.74) is 3.41. The first-order valence-corrected chi connectivity index (χ1v) is 7.07. The van der Waals surface area contributed by atoms with Crippen LogP contribution >= 0.6 is 11.6 Å². The third-order valence-corrected chi connectivity index (χ3v) is 3.36. The number of aromatic nitrogens is 3. The second kappa shape index (κ2) is 6.41. The Kier molecular flexibility index (Phi) is 4.17. The van der Waals surface area contributed by atoms with Gasteiger partial charge in [0.05, 0.1) is 6.54 Å². The first-order chi connectivity index (χ1) is 10.3. The first kappa shape index (κ1) is 13.6. The van der Waals surface area contributed by atoms with Crippen LogP contribution in [0.15, 0.2) is 61.2 Å². The van der Waals surface area contributed by atoms with E-state index in [1.165, 1.54) is 5.56 Å². The van der Waals surface area contributed by atoms with Gasteiger partial charge in [-0.25, -0.2) is 9.67 Å². The van der Waals surface area contributed by atoms with Gasteiger partial charge in [-0.15, -0.1) is 0 Å². The molecule has 0 fully saturated rings. The molecule has 2 aromatic carbocycles. The lowest BCUT2D eigenvalue weighted by Crippen LogP contribution is -2.02. The minimum Gasteiger partial charge on any atom is -0.381 e. The molecule has 0 spiro atoms. The molecular formula is C16H15ClN4. The average molecular weight is 299 g/mol. The van der Waals surface area contributed by atoms with E-state index in [4.69, 9.17) is 11.6 Å². The molecule has 5 heteroatoms. The van der Waals surface area contributed by atoms with Gasteiger partial charge in [0.15, 0.2) is 0 Å². The van der Waals surface area contributed by atoms with E-state index < -0.39 is 0 Å². The van der Waals surface area contributed by atoms with Crippen molar-refractivity contribution in [3.63, 3.8) is 0 Å². The molecule has 106 valence electrons. The number of anilines is 1. The van der Waals surface area contributed by atoms with Crippen LogP contribution in [0.3, 0.4) is 0 Å². The summed E-state index contributed by atoms with van der Waals surface area (Å²) in [5, 5.41) is 8.28. The second-order valence-corrected chi connectivity index (χ2v) is 5.21. The molecule has 0 aliphatic rings. The van der Waals surface area contributed by atoms with Crippen molar-refractivity contribution in [2.75, 3.05) is 5.32 Å². The zero-order valence-corrected chi connectivity index (χ0v) is 12.2. The molecule has 1 N–H and O–H groups in total. The Morgan fingerprint density at radius 1 is 1.05 bits per heavy atom. The van der Waals surface area contributed by atoms with Gasteiger partial charge in [-0.2, -0.15) is 5.10 Å². The lowest BCUT2D eigenvalue weighted by atomic mass is 10.2. The maximum atomic E-state index is 5.99. The zero-order valence-electron chi connectivity index (χ0n) is 11.4. The van der Waals surface area contributed by atoms with Crippen molar-refractivity contribution in [2.24, 2.45) is 0 Å². The summed E-state index contributed by atoms with van der Waals surface area (Å²) >= 11 is 5.99. The van der Waals surface area contributed by atoms with E-state index in [-0.39, 0.29) is 0 Å². The fraction of sp³-hybridized carbons (Fsp3) is 0.125. The number of hydrogen-bond donors (Lipinski definition) is 1. The highest BCUT2D eigenvalue weighted by Crippen LogP contribution is 2.15. The lowest BCUT2D eigenvalue weighted by Gasteiger charge is -2.09. The highest BCUT2D eigenvalue weighted by Gasteiger charge is 1.99. The molecule has 0 saturated heterocycles. The summed E-state index contributed by atoms with van der Waals surface area (Å²) in [6.07, 6.45) is 3.26. The number of halogens is 1. The first-order valence-electron chi connectivity index (χ1n) is 6.69. The minimum atomic E-state index is 0.715. The predicted molar refractivity (Wildman–Crippen MR) is 84.3 cm³/mol. The number of nitrogens with one attached hydrogen (secondary N) is 1. The van der Waals surface area contributed by atoms with Gasteiger partial charge in [-0.05, 0) is 35.4 Å². The third-order valence-electron chi connectivity index (χ3n) is 3.12. The molecule has 0 amide bonds. The molecule has 0 atom stereocenters. The molecule has 21 heavy (non-hydrogen) atoms. The highest BCUT2D eigenvalue weighted by molar-refractivity contribution is 6.30. The van der Waals surface area contributed by atoms with E-state index in [0.717, 1.165) is 22.8 Å². The van der Waals surface area contributed by atoms with E-state index in [1.807, 2.05) is 24.3 Å². The molecule has 3 aromatic rings. The molecule has 3 rings (SSSR count). The van der Waals surface area contributed by atoms with Gasteiger partial charge in [0.2, 0.25) is 0 Å². The summed E-state index contributed by atoms with van der Waals surface area (Å²) in [6.45, 7) is 1.46. The Morgan fingerprint density at radius 3 is 2.71 bits per heavy atom. The summed E-state index contributed by atoms with van der Waals surface area (Å²) in [5.74, 6) is 0. The van der Waals surface area contributed by atoms with Gasteiger partial charge >= 0.3 is 0 Å². The van der Waals surface area contributed by atoms with Crippen molar-refractivity contribution < 1.29 is 0 Å². The molecule has 4 nitrogen and oxygen atoms in total. The van der Waals surface area contributed by atoms with Gasteiger partial charge in [-0.3, -0.25) is 0 Å². The molecule has 1 aromatic heterocycles. The van der Waals surface area contributed by atoms with Crippen LogP contribution in [0.5, 0.6) is 0 Å². The van der Waals surface area contributed by atoms with Crippen molar-refractivity contribution in [3.05, 3.63) is 77.3 Å². The molecule has 0 radical (unpaired) electrons. The van der Waals surface area contributed by atoms with Crippen LogP contribution in [0, 0.1) is 0 Å². The normalized spacial score (nSPS) is 10.5. The minimum absolute atomic E-state index is 0.715. The summed E-state index contributed by atoms with van der Waals surface area (Å²) in [6, 6.07) is 16.1. The predicted octanol–water partition coefficient (Wildman–Crippen LogP) is 3.59. The van der Waals surface area contributed by atoms with E-state index in [2.05, 4.69) is 39.7 Å². The zero-order chi connectivity index (χ0) is 14.5. The van der Waals surface area contributed by atoms with E-state index in [1.54, 1.807) is 17.3 Å². The fourth-order valence-electron chi connectivity index (χ4n) is 2.13. The van der Waals surface area contributed by atoms with Crippen LogP contribution in [0.4, 0.5) is 5.69 Å². The standard InChI is InChI=1S/C16H15ClN4/c17-15-5-1-3-13(7-15)9-19-16-6-2-4-14(8-16)10-21-12-18-11-20-21/h1-8,11-12,19H,9-10H2. The fourth-order valence-corrected chi connectivity index (χ4v) is 2.35. The molecular weight excluding hydrogens is 284 g/mol. The van der Waals surface area contributed by atoms with Gasteiger partial charge in [-0.1, -0.05) is 35.9 Å². The molecule has 0 saturated carbocycles. The topological polar surface area (TPSA) is 42.7 Å². The van der Waals surface area contributed by atoms with Crippen molar-refractivity contribution >= 4 is 17.3 Å². The van der Waals surface area contributed by atoms with Gasteiger partial charge in [0, 0.05) is 17.3 Å². The molecule has 0 aliphatic heterocycles. The Bertz CT molecular complexity index is 710. The van der Waals surface area contributed by atoms with Gasteiger partial charge < -0.3 is 5.32 Å². The molecule has 1 heterocycles. The van der Waals surface area contributed by atoms with E-state index in [9.17, 15) is 0 Å². The Labute approximate surface area is 128 Å². The molecule has 0 bridgehead atoms. The number of nitrogens with zero attached hydrogens (tertiary/aromatic N) is 3. The second-order valence-electron chi connectivity index (χ2n) is 4.78. The summed E-state index contributed by atoms with van der Waals surface area (Å²) < 4.78 is 1.80. The maximum Gasteiger partial charge on any atom is 0.137 e. The van der Waals surface area contributed by atoms with Crippen LogP contribution < -0.4 is 5.32 Å². The van der Waals surface area contributed by atoms with Crippen molar-refractivity contribution in [1.29, 1.82) is 0 Å². The molecule has 0 unspecified atom stereocenters. The average Bonchev–Trinajstić information content (AvgIpc) is 2.99. The SMILES string of the molecule is Clc1cccc(CNc2cccc(Cn3cncn3)c2)c1. The largest absolute Gasteiger partial charge is 0.381 e. The van der Waals surface area contributed by atoms with Crippen LogP contribution in [0.2, 0.25) is 5.02 Å².